The number of nitrogens with one attached hydrogen (secondary N) is 2. The van der Waals surface area contributed by atoms with Crippen LogP contribution in [0, 0.1) is 0 Å². The van der Waals surface area contributed by atoms with E-state index in [-0.39, 0.29) is 45.3 Å². The fraction of sp³-hybridized carbons (Fsp3) is 0.194. The molecule has 3 aromatic rings. The first-order valence-corrected chi connectivity index (χ1v) is 13.4. The van der Waals surface area contributed by atoms with Crippen LogP contribution >= 0.6 is 11.6 Å². The van der Waals surface area contributed by atoms with Crippen molar-refractivity contribution in [3.63, 3.8) is 0 Å². The standard InChI is InChI=1S/C31H28ClN3O7/c1-17(2)41-30(39)20-9-6-12-23(15-20)34-27(36)19-8-5-11-22(14-19)33-26-25(32)28(37)35(29(26)38)24-13-7-10-21(16-24)31(40)42-18(3)4/h5-18,33H,1-4H3,(H,34,36). The van der Waals surface area contributed by atoms with Gasteiger partial charge in [-0.1, -0.05) is 29.8 Å². The highest BCUT2D eigenvalue weighted by Gasteiger charge is 2.39. The summed E-state index contributed by atoms with van der Waals surface area (Å²) in [5, 5.41) is 5.21. The Morgan fingerprint density at radius 2 is 1.24 bits per heavy atom. The van der Waals surface area contributed by atoms with Crippen LogP contribution in [0.15, 0.2) is 83.5 Å². The number of carbonyl (C=O) groups excluding carboxylic acids is 5. The van der Waals surface area contributed by atoms with E-state index >= 15 is 0 Å². The summed E-state index contributed by atoms with van der Waals surface area (Å²) in [6.45, 7) is 6.90. The summed E-state index contributed by atoms with van der Waals surface area (Å²) in [5.41, 5.74) is 1.35. The molecule has 3 amide bonds. The summed E-state index contributed by atoms with van der Waals surface area (Å²) >= 11 is 6.27. The van der Waals surface area contributed by atoms with Crippen molar-refractivity contribution < 1.29 is 33.4 Å². The predicted octanol–water partition coefficient (Wildman–Crippen LogP) is 5.51. The van der Waals surface area contributed by atoms with Crippen molar-refractivity contribution in [1.82, 2.24) is 0 Å². The Bertz CT molecular complexity index is 1610. The van der Waals surface area contributed by atoms with Crippen LogP contribution in [0.25, 0.3) is 0 Å². The average molecular weight is 590 g/mol. The third kappa shape index (κ3) is 6.84. The van der Waals surface area contributed by atoms with Crippen molar-refractivity contribution in [3.05, 3.63) is 100 Å². The first kappa shape index (κ1) is 30.0. The van der Waals surface area contributed by atoms with E-state index < -0.39 is 29.7 Å². The molecule has 0 spiro atoms. The zero-order chi connectivity index (χ0) is 30.6. The van der Waals surface area contributed by atoms with Gasteiger partial charge in [0.15, 0.2) is 0 Å². The molecule has 1 aliphatic rings. The number of nitrogens with zero attached hydrogens (tertiary/aromatic N) is 1. The summed E-state index contributed by atoms with van der Waals surface area (Å²) in [6, 6.07) is 18.5. The van der Waals surface area contributed by atoms with E-state index in [0.717, 1.165) is 4.90 Å². The molecular formula is C31H28ClN3O7. The lowest BCUT2D eigenvalue weighted by atomic mass is 10.1. The van der Waals surface area contributed by atoms with Gasteiger partial charge in [0.25, 0.3) is 17.7 Å². The zero-order valence-electron chi connectivity index (χ0n) is 23.3. The molecule has 1 aliphatic heterocycles. The minimum absolute atomic E-state index is 0.144. The summed E-state index contributed by atoms with van der Waals surface area (Å²) in [5.74, 6) is -3.10. The van der Waals surface area contributed by atoms with E-state index in [1.165, 1.54) is 36.4 Å². The summed E-state index contributed by atoms with van der Waals surface area (Å²) in [7, 11) is 0. The van der Waals surface area contributed by atoms with Crippen molar-refractivity contribution in [2.24, 2.45) is 0 Å². The van der Waals surface area contributed by atoms with Gasteiger partial charge in [-0.25, -0.2) is 14.5 Å². The first-order valence-electron chi connectivity index (χ1n) is 13.0. The van der Waals surface area contributed by atoms with Gasteiger partial charge in [0.2, 0.25) is 0 Å². The maximum Gasteiger partial charge on any atom is 0.338 e. The fourth-order valence-corrected chi connectivity index (χ4v) is 4.20. The van der Waals surface area contributed by atoms with Gasteiger partial charge in [-0.3, -0.25) is 14.4 Å². The summed E-state index contributed by atoms with van der Waals surface area (Å²) in [6.07, 6.45) is -0.637. The van der Waals surface area contributed by atoms with Crippen LogP contribution in [-0.2, 0) is 19.1 Å². The smallest absolute Gasteiger partial charge is 0.338 e. The molecule has 0 saturated carbocycles. The first-order chi connectivity index (χ1) is 19.9. The molecule has 0 unspecified atom stereocenters. The summed E-state index contributed by atoms with van der Waals surface area (Å²) < 4.78 is 10.4. The molecule has 0 aliphatic carbocycles. The number of amides is 3. The second-order valence-corrected chi connectivity index (χ2v) is 10.2. The second kappa shape index (κ2) is 12.7. The third-order valence-corrected chi connectivity index (χ3v) is 6.15. The maximum atomic E-state index is 13.3. The van der Waals surface area contributed by atoms with Crippen LogP contribution < -0.4 is 15.5 Å². The van der Waals surface area contributed by atoms with Crippen LogP contribution in [0.4, 0.5) is 17.1 Å². The minimum atomic E-state index is -0.775. The SMILES string of the molecule is CC(C)OC(=O)c1cccc(NC(=O)c2cccc(NC3=C(Cl)C(=O)N(c4cccc(C(=O)OC(C)C)c4)C3=O)c2)c1. The highest BCUT2D eigenvalue weighted by Crippen LogP contribution is 2.31. The number of hydrogen-bond donors (Lipinski definition) is 2. The number of hydrogen-bond acceptors (Lipinski definition) is 8. The van der Waals surface area contributed by atoms with Crippen LogP contribution in [0.3, 0.4) is 0 Å². The molecule has 3 aromatic carbocycles. The molecule has 11 heteroatoms. The topological polar surface area (TPSA) is 131 Å². The van der Waals surface area contributed by atoms with E-state index in [1.807, 2.05) is 0 Å². The van der Waals surface area contributed by atoms with Crippen LogP contribution in [-0.4, -0.2) is 41.9 Å². The molecule has 0 radical (unpaired) electrons. The lowest BCUT2D eigenvalue weighted by Crippen LogP contribution is -2.32. The van der Waals surface area contributed by atoms with E-state index in [4.69, 9.17) is 21.1 Å². The van der Waals surface area contributed by atoms with E-state index in [9.17, 15) is 24.0 Å². The lowest BCUT2D eigenvalue weighted by Gasteiger charge is -2.16. The molecule has 216 valence electrons. The minimum Gasteiger partial charge on any atom is -0.459 e. The molecule has 0 fully saturated rings. The second-order valence-electron chi connectivity index (χ2n) is 9.83. The molecular weight excluding hydrogens is 562 g/mol. The number of rotatable bonds is 9. The van der Waals surface area contributed by atoms with Crippen molar-refractivity contribution in [2.45, 2.75) is 39.9 Å². The van der Waals surface area contributed by atoms with Crippen LogP contribution in [0.1, 0.15) is 58.8 Å². The van der Waals surface area contributed by atoms with Gasteiger partial charge in [0.1, 0.15) is 10.7 Å². The van der Waals surface area contributed by atoms with Crippen molar-refractivity contribution >= 4 is 58.3 Å². The number of carbonyl (C=O) groups is 5. The van der Waals surface area contributed by atoms with Crippen molar-refractivity contribution in [3.8, 4) is 0 Å². The van der Waals surface area contributed by atoms with Crippen LogP contribution in [0.5, 0.6) is 0 Å². The predicted molar refractivity (Wildman–Crippen MR) is 157 cm³/mol. The molecule has 42 heavy (non-hydrogen) atoms. The Labute approximate surface area is 247 Å². The number of ether oxygens (including phenoxy) is 2. The summed E-state index contributed by atoms with van der Waals surface area (Å²) in [4.78, 5) is 64.6. The van der Waals surface area contributed by atoms with Crippen molar-refractivity contribution in [1.29, 1.82) is 0 Å². The van der Waals surface area contributed by atoms with Gasteiger partial charge in [-0.15, -0.1) is 0 Å². The number of imide groups is 1. The molecule has 0 atom stereocenters. The van der Waals surface area contributed by atoms with E-state index in [2.05, 4.69) is 10.6 Å². The normalized spacial score (nSPS) is 13.1. The molecule has 0 bridgehead atoms. The third-order valence-electron chi connectivity index (χ3n) is 5.80. The van der Waals surface area contributed by atoms with Gasteiger partial charge >= 0.3 is 11.9 Å². The Morgan fingerprint density at radius 1 is 0.714 bits per heavy atom. The monoisotopic (exact) mass is 589 g/mol. The number of anilines is 3. The number of esters is 2. The molecule has 10 nitrogen and oxygen atoms in total. The molecule has 1 heterocycles. The maximum absolute atomic E-state index is 13.3. The van der Waals surface area contributed by atoms with E-state index in [0.29, 0.717) is 11.4 Å². The molecule has 0 saturated heterocycles. The van der Waals surface area contributed by atoms with Gasteiger partial charge in [-0.05, 0) is 82.3 Å². The molecule has 0 aromatic heterocycles. The van der Waals surface area contributed by atoms with Gasteiger partial charge in [0.05, 0.1) is 29.0 Å². The van der Waals surface area contributed by atoms with Crippen molar-refractivity contribution in [2.75, 3.05) is 15.5 Å². The highest BCUT2D eigenvalue weighted by atomic mass is 35.5. The van der Waals surface area contributed by atoms with Gasteiger partial charge < -0.3 is 20.1 Å². The number of halogens is 1. The van der Waals surface area contributed by atoms with Gasteiger partial charge in [0, 0.05) is 16.9 Å². The zero-order valence-corrected chi connectivity index (χ0v) is 24.0. The Morgan fingerprint density at radius 3 is 1.86 bits per heavy atom. The quantitative estimate of drug-likeness (QED) is 0.247. The lowest BCUT2D eigenvalue weighted by molar-refractivity contribution is -0.120. The largest absolute Gasteiger partial charge is 0.459 e. The Hall–Kier alpha value is -4.96. The Kier molecular flexibility index (Phi) is 9.07. The fourth-order valence-electron chi connectivity index (χ4n) is 3.99. The number of benzene rings is 3. The average Bonchev–Trinajstić information content (AvgIpc) is 3.15. The van der Waals surface area contributed by atoms with E-state index in [1.54, 1.807) is 64.1 Å². The Balaban J connectivity index is 1.49. The van der Waals surface area contributed by atoms with Crippen LogP contribution in [0.2, 0.25) is 0 Å². The highest BCUT2D eigenvalue weighted by molar-refractivity contribution is 6.53. The van der Waals surface area contributed by atoms with Gasteiger partial charge in [-0.2, -0.15) is 0 Å². The molecule has 4 rings (SSSR count). The molecule has 2 N–H and O–H groups in total.